The zero-order valence-electron chi connectivity index (χ0n) is 27.4. The summed E-state index contributed by atoms with van der Waals surface area (Å²) in [7, 11) is 1.33. The highest BCUT2D eigenvalue weighted by molar-refractivity contribution is 7.09. The van der Waals surface area contributed by atoms with Crippen LogP contribution in [-0.4, -0.2) is 43.2 Å². The molecule has 1 N–H and O–H groups in total. The average Bonchev–Trinajstić information content (AvgIpc) is 3.72. The lowest BCUT2D eigenvalue weighted by molar-refractivity contribution is -0.144. The molecule has 3 aromatic rings. The lowest BCUT2D eigenvalue weighted by atomic mass is 9.93. The molecule has 2 unspecified atom stereocenters. The third-order valence-electron chi connectivity index (χ3n) is 8.65. The monoisotopic (exact) mass is 634 g/mol. The van der Waals surface area contributed by atoms with E-state index < -0.39 is 12.0 Å². The van der Waals surface area contributed by atoms with E-state index in [0.717, 1.165) is 52.3 Å². The second kappa shape index (κ2) is 18.2. The van der Waals surface area contributed by atoms with Crippen molar-refractivity contribution in [1.82, 2.24) is 10.3 Å². The van der Waals surface area contributed by atoms with E-state index >= 15 is 0 Å². The smallest absolute Gasteiger partial charge is 0.330 e. The molecular weight excluding hydrogens is 584 g/mol. The van der Waals surface area contributed by atoms with Gasteiger partial charge < -0.3 is 19.5 Å². The van der Waals surface area contributed by atoms with Crippen molar-refractivity contribution in [3.8, 4) is 11.1 Å². The van der Waals surface area contributed by atoms with Crippen molar-refractivity contribution in [3.05, 3.63) is 75.7 Å². The van der Waals surface area contributed by atoms with Crippen LogP contribution in [0.5, 0.6) is 0 Å². The van der Waals surface area contributed by atoms with Gasteiger partial charge in [-0.25, -0.2) is 4.79 Å². The molecule has 0 saturated heterocycles. The Morgan fingerprint density at radius 2 is 1.89 bits per heavy atom. The summed E-state index contributed by atoms with van der Waals surface area (Å²) in [4.78, 5) is 31.7. The highest BCUT2D eigenvalue weighted by atomic mass is 32.1. The lowest BCUT2D eigenvalue weighted by Crippen LogP contribution is -2.45. The summed E-state index contributed by atoms with van der Waals surface area (Å²) in [6.45, 7) is 7.67. The minimum absolute atomic E-state index is 0.0308. The van der Waals surface area contributed by atoms with E-state index in [2.05, 4.69) is 24.1 Å². The molecule has 0 bridgehead atoms. The van der Waals surface area contributed by atoms with Gasteiger partial charge in [0.1, 0.15) is 0 Å². The van der Waals surface area contributed by atoms with Gasteiger partial charge in [-0.15, -0.1) is 11.3 Å². The molecule has 1 fully saturated rings. The Morgan fingerprint density at radius 1 is 1.07 bits per heavy atom. The van der Waals surface area contributed by atoms with Crippen molar-refractivity contribution in [3.63, 3.8) is 0 Å². The summed E-state index contributed by atoms with van der Waals surface area (Å²) in [5.74, 6) is 0.512. The second-order valence-corrected chi connectivity index (χ2v) is 13.4. The number of carbonyl (C=O) groups excluding carboxylic acids is 2. The van der Waals surface area contributed by atoms with Gasteiger partial charge >= 0.3 is 5.97 Å². The van der Waals surface area contributed by atoms with Gasteiger partial charge in [-0.1, -0.05) is 82.7 Å². The fourth-order valence-electron chi connectivity index (χ4n) is 5.59. The van der Waals surface area contributed by atoms with Crippen LogP contribution in [0, 0.1) is 18.8 Å². The first-order valence-corrected chi connectivity index (χ1v) is 17.4. The van der Waals surface area contributed by atoms with Crippen molar-refractivity contribution in [1.29, 1.82) is 0 Å². The largest absolute Gasteiger partial charge is 0.467 e. The first kappa shape index (κ1) is 34.8. The quantitative estimate of drug-likeness (QED) is 0.0991. The van der Waals surface area contributed by atoms with Crippen molar-refractivity contribution in [2.24, 2.45) is 11.8 Å². The van der Waals surface area contributed by atoms with Crippen LogP contribution in [0.2, 0.25) is 0 Å². The number of carbonyl (C=O) groups is 2. The molecule has 1 aliphatic carbocycles. The normalized spacial score (nSPS) is 14.9. The number of amides is 1. The summed E-state index contributed by atoms with van der Waals surface area (Å²) in [5, 5.41) is 2.88. The first-order chi connectivity index (χ1) is 21.9. The number of thiazole rings is 1. The van der Waals surface area contributed by atoms with Crippen LogP contribution >= 0.6 is 11.3 Å². The molecule has 1 saturated carbocycles. The van der Waals surface area contributed by atoms with Crippen molar-refractivity contribution >= 4 is 23.2 Å². The van der Waals surface area contributed by atoms with Gasteiger partial charge in [0.05, 0.1) is 36.8 Å². The number of nitrogens with zero attached hydrogens (tertiary/aromatic N) is 1. The topological polar surface area (TPSA) is 86.8 Å². The molecule has 1 amide bonds. The van der Waals surface area contributed by atoms with Gasteiger partial charge in [0, 0.05) is 18.4 Å². The van der Waals surface area contributed by atoms with E-state index in [-0.39, 0.29) is 18.6 Å². The third-order valence-corrected chi connectivity index (χ3v) is 9.52. The molecule has 0 aliphatic heterocycles. The second-order valence-electron chi connectivity index (χ2n) is 12.4. The zero-order chi connectivity index (χ0) is 32.0. The highest BCUT2D eigenvalue weighted by Crippen LogP contribution is 2.33. The number of ether oxygens (including phenoxy) is 3. The minimum atomic E-state index is -0.890. The van der Waals surface area contributed by atoms with E-state index in [9.17, 15) is 9.59 Å². The number of aromatic nitrogens is 1. The fourth-order valence-corrected chi connectivity index (χ4v) is 6.30. The van der Waals surface area contributed by atoms with Gasteiger partial charge in [-0.2, -0.15) is 0 Å². The Labute approximate surface area is 273 Å². The summed E-state index contributed by atoms with van der Waals surface area (Å²) >= 11 is 1.63. The Morgan fingerprint density at radius 3 is 2.60 bits per heavy atom. The number of esters is 1. The third kappa shape index (κ3) is 11.0. The summed E-state index contributed by atoms with van der Waals surface area (Å²) in [6, 6.07) is 12.9. The van der Waals surface area contributed by atoms with E-state index in [4.69, 9.17) is 14.2 Å². The molecule has 3 atom stereocenters. The van der Waals surface area contributed by atoms with Crippen LogP contribution in [0.25, 0.3) is 11.1 Å². The molecule has 0 radical (unpaired) electrons. The molecule has 7 nitrogen and oxygen atoms in total. The Kier molecular flexibility index (Phi) is 14.0. The number of nitrogens with one attached hydrogen (secondary N) is 1. The van der Waals surface area contributed by atoms with Crippen LogP contribution in [0.3, 0.4) is 0 Å². The average molecular weight is 635 g/mol. The maximum absolute atomic E-state index is 13.7. The number of aryl methyl sites for hydroxylation is 1. The van der Waals surface area contributed by atoms with E-state index in [1.54, 1.807) is 11.3 Å². The highest BCUT2D eigenvalue weighted by Gasteiger charge is 2.26. The number of benzene rings is 2. The van der Waals surface area contributed by atoms with Gasteiger partial charge in [0.25, 0.3) is 5.91 Å². The SMILES string of the molecule is CCCCCC(C)CCC(OCc1ccc(C(=O)N[C@@H](COCCC2CC2)C(=O)OC)c(-c2ccccc2C)c1)c1cncs1. The number of hydrogen-bond donors (Lipinski definition) is 1. The molecule has 2 aromatic carbocycles. The van der Waals surface area contributed by atoms with Crippen LogP contribution in [0.15, 0.2) is 54.2 Å². The molecule has 1 aromatic heterocycles. The summed E-state index contributed by atoms with van der Waals surface area (Å²) in [5.41, 5.74) is 6.13. The molecule has 1 heterocycles. The summed E-state index contributed by atoms with van der Waals surface area (Å²) < 4.78 is 17.3. The standard InChI is InChI=1S/C37H50N2O5S/c1-5-6-7-10-26(2)13-18-34(35-22-38-25-45-35)44-23-29-16-17-31(32(21-29)30-12-9-8-11-27(30)3)36(40)39-33(37(41)42-4)24-43-20-19-28-14-15-28/h8-9,11-12,16-17,21-22,25-26,28,33-34H,5-7,10,13-15,18-20,23-24H2,1-4H3,(H,39,40)/t26?,33-,34?/m0/s1. The van der Waals surface area contributed by atoms with Crippen molar-refractivity contribution < 1.29 is 23.8 Å². The molecule has 4 rings (SSSR count). The number of unbranched alkanes of at least 4 members (excludes halogenated alkanes) is 2. The van der Waals surface area contributed by atoms with Crippen LogP contribution in [0.4, 0.5) is 0 Å². The van der Waals surface area contributed by atoms with Crippen molar-refractivity contribution in [2.75, 3.05) is 20.3 Å². The zero-order valence-corrected chi connectivity index (χ0v) is 28.2. The molecule has 1 aliphatic rings. The molecule has 45 heavy (non-hydrogen) atoms. The number of methoxy groups -OCH3 is 1. The van der Waals surface area contributed by atoms with Crippen LogP contribution in [-0.2, 0) is 25.6 Å². The van der Waals surface area contributed by atoms with Gasteiger partial charge in [0.2, 0.25) is 0 Å². The van der Waals surface area contributed by atoms with E-state index in [1.807, 2.05) is 61.1 Å². The van der Waals surface area contributed by atoms with Gasteiger partial charge in [-0.05, 0) is 72.4 Å². The number of rotatable bonds is 20. The van der Waals surface area contributed by atoms with Crippen molar-refractivity contribution in [2.45, 2.75) is 97.3 Å². The number of hydrogen-bond acceptors (Lipinski definition) is 7. The Bertz CT molecular complexity index is 1340. The maximum atomic E-state index is 13.7. The molecular formula is C37H50N2O5S. The predicted molar refractivity (Wildman–Crippen MR) is 180 cm³/mol. The van der Waals surface area contributed by atoms with Gasteiger partial charge in [-0.3, -0.25) is 9.78 Å². The van der Waals surface area contributed by atoms with Crippen LogP contribution < -0.4 is 5.32 Å². The van der Waals surface area contributed by atoms with Crippen LogP contribution in [0.1, 0.15) is 104 Å². The van der Waals surface area contributed by atoms with E-state index in [0.29, 0.717) is 24.7 Å². The molecule has 244 valence electrons. The maximum Gasteiger partial charge on any atom is 0.330 e. The summed E-state index contributed by atoms with van der Waals surface area (Å²) in [6.07, 6.45) is 12.4. The van der Waals surface area contributed by atoms with E-state index in [1.165, 1.54) is 45.6 Å². The Balaban J connectivity index is 1.49. The Hall–Kier alpha value is -3.07. The molecule has 0 spiro atoms. The van der Waals surface area contributed by atoms with Gasteiger partial charge in [0.15, 0.2) is 6.04 Å². The fraction of sp³-hybridized carbons (Fsp3) is 0.541. The predicted octanol–water partition coefficient (Wildman–Crippen LogP) is 8.46. The lowest BCUT2D eigenvalue weighted by Gasteiger charge is -2.21. The molecule has 8 heteroatoms. The first-order valence-electron chi connectivity index (χ1n) is 16.5. The minimum Gasteiger partial charge on any atom is -0.467 e.